The summed E-state index contributed by atoms with van der Waals surface area (Å²) in [5.74, 6) is 1.87. The van der Waals surface area contributed by atoms with E-state index in [1.54, 1.807) is 20.3 Å². The number of nitrogens with two attached hydrogens (primary N) is 1. The van der Waals surface area contributed by atoms with Crippen LogP contribution in [0.25, 0.3) is 11.6 Å². The van der Waals surface area contributed by atoms with E-state index in [1.807, 2.05) is 63.2 Å². The second kappa shape index (κ2) is 16.4. The molecule has 2 N–H and O–H groups in total. The Kier molecular flexibility index (Phi) is 13.6. The molecule has 1 unspecified atom stereocenters. The Morgan fingerprint density at radius 3 is 1.84 bits per heavy atom. The summed E-state index contributed by atoms with van der Waals surface area (Å²) in [6.07, 6.45) is 8.67. The molecule has 236 valence electrons. The fraction of sp³-hybridized carbons (Fsp3) is 0.556. The molecule has 7 heteroatoms. The normalized spacial score (nSPS) is 13.5. The molecule has 43 heavy (non-hydrogen) atoms. The van der Waals surface area contributed by atoms with Crippen molar-refractivity contribution < 1.29 is 23.7 Å². The molecule has 0 spiro atoms. The molecular formula is C36H52N2O5. The van der Waals surface area contributed by atoms with Gasteiger partial charge in [-0.2, -0.15) is 5.26 Å². The van der Waals surface area contributed by atoms with Gasteiger partial charge in [-0.05, 0) is 86.9 Å². The first kappa shape index (κ1) is 35.7. The highest BCUT2D eigenvalue weighted by Gasteiger charge is 2.48. The first-order valence-corrected chi connectivity index (χ1v) is 15.3. The predicted molar refractivity (Wildman–Crippen MR) is 174 cm³/mol. The number of methoxy groups -OCH3 is 2. The zero-order valence-electron chi connectivity index (χ0n) is 27.5. The molecule has 0 fully saturated rings. The van der Waals surface area contributed by atoms with Gasteiger partial charge in [-0.15, -0.1) is 0 Å². The van der Waals surface area contributed by atoms with E-state index in [2.05, 4.69) is 26.8 Å². The maximum Gasteiger partial charge on any atom is 0.313 e. The number of allylic oxidation sites excluding steroid dienone is 1. The van der Waals surface area contributed by atoms with Crippen LogP contribution in [0.15, 0.2) is 42.5 Å². The quantitative estimate of drug-likeness (QED) is 0.0854. The van der Waals surface area contributed by atoms with E-state index in [0.29, 0.717) is 36.7 Å². The molecule has 2 rings (SSSR count). The summed E-state index contributed by atoms with van der Waals surface area (Å²) in [4.78, 5) is 13.0. The molecule has 0 aliphatic carbocycles. The van der Waals surface area contributed by atoms with Gasteiger partial charge in [-0.25, -0.2) is 0 Å². The fourth-order valence-corrected chi connectivity index (χ4v) is 5.02. The maximum absolute atomic E-state index is 13.0. The Balaban J connectivity index is 1.69. The lowest BCUT2D eigenvalue weighted by molar-refractivity contribution is -0.161. The van der Waals surface area contributed by atoms with Crippen molar-refractivity contribution in [2.24, 2.45) is 16.6 Å². The molecule has 0 bridgehead atoms. The second-order valence-electron chi connectivity index (χ2n) is 13.2. The third-order valence-electron chi connectivity index (χ3n) is 7.77. The number of esters is 1. The number of rotatable bonds is 17. The third-order valence-corrected chi connectivity index (χ3v) is 7.77. The smallest absolute Gasteiger partial charge is 0.313 e. The van der Waals surface area contributed by atoms with Crippen LogP contribution in [0, 0.1) is 22.2 Å². The van der Waals surface area contributed by atoms with Gasteiger partial charge < -0.3 is 24.7 Å². The van der Waals surface area contributed by atoms with E-state index in [4.69, 9.17) is 24.7 Å². The average Bonchev–Trinajstić information content (AvgIpc) is 2.95. The molecule has 0 aromatic heterocycles. The lowest BCUT2D eigenvalue weighted by Crippen LogP contribution is -2.55. The minimum atomic E-state index is -0.729. The van der Waals surface area contributed by atoms with Crippen LogP contribution in [0.2, 0.25) is 0 Å². The zero-order chi connectivity index (χ0) is 32.1. The number of ether oxygens (including phenoxy) is 4. The SMILES string of the molecule is COc1cc(OC)cc(C(C#N)=Cc2ccc(OCCCCCCCCOC(=O)C(C)(CC(C)(C)C)C(C)(C)N)cc2)c1. The van der Waals surface area contributed by atoms with Gasteiger partial charge in [-0.1, -0.05) is 58.6 Å². The van der Waals surface area contributed by atoms with E-state index in [9.17, 15) is 10.1 Å². The van der Waals surface area contributed by atoms with Gasteiger partial charge in [0.15, 0.2) is 0 Å². The lowest BCUT2D eigenvalue weighted by atomic mass is 9.65. The molecule has 0 saturated heterocycles. The van der Waals surface area contributed by atoms with Crippen LogP contribution < -0.4 is 19.9 Å². The molecule has 0 aliphatic rings. The van der Waals surface area contributed by atoms with Gasteiger partial charge in [0.1, 0.15) is 17.2 Å². The molecule has 0 heterocycles. The van der Waals surface area contributed by atoms with Crippen LogP contribution in [-0.4, -0.2) is 38.9 Å². The van der Waals surface area contributed by atoms with Gasteiger partial charge in [0.05, 0.1) is 44.5 Å². The molecule has 7 nitrogen and oxygen atoms in total. The predicted octanol–water partition coefficient (Wildman–Crippen LogP) is 8.21. The van der Waals surface area contributed by atoms with Crippen LogP contribution in [0.3, 0.4) is 0 Å². The number of hydrogen-bond acceptors (Lipinski definition) is 7. The Labute approximate surface area is 259 Å². The number of carbonyl (C=O) groups excluding carboxylic acids is 1. The molecule has 0 aliphatic heterocycles. The Morgan fingerprint density at radius 1 is 0.814 bits per heavy atom. The van der Waals surface area contributed by atoms with Crippen LogP contribution in [0.5, 0.6) is 17.2 Å². The van der Waals surface area contributed by atoms with Crippen molar-refractivity contribution in [2.45, 2.75) is 92.0 Å². The summed E-state index contributed by atoms with van der Waals surface area (Å²) in [6, 6.07) is 15.4. The Bertz CT molecular complexity index is 1210. The van der Waals surface area contributed by atoms with Gasteiger partial charge in [0.25, 0.3) is 0 Å². The lowest BCUT2D eigenvalue weighted by Gasteiger charge is -2.43. The van der Waals surface area contributed by atoms with Crippen molar-refractivity contribution in [3.8, 4) is 23.3 Å². The first-order valence-electron chi connectivity index (χ1n) is 15.3. The molecule has 0 amide bonds. The molecule has 1 atom stereocenters. The molecular weight excluding hydrogens is 540 g/mol. The topological polar surface area (TPSA) is 104 Å². The Morgan fingerprint density at radius 2 is 1.35 bits per heavy atom. The summed E-state index contributed by atoms with van der Waals surface area (Å²) in [7, 11) is 3.17. The number of benzene rings is 2. The van der Waals surface area contributed by atoms with E-state index >= 15 is 0 Å². The molecule has 0 saturated carbocycles. The molecule has 0 radical (unpaired) electrons. The highest BCUT2D eigenvalue weighted by atomic mass is 16.5. The van der Waals surface area contributed by atoms with E-state index in [-0.39, 0.29) is 11.4 Å². The summed E-state index contributed by atoms with van der Waals surface area (Å²) in [5.41, 5.74) is 7.14. The number of hydrogen-bond donors (Lipinski definition) is 1. The van der Waals surface area contributed by atoms with E-state index in [0.717, 1.165) is 55.4 Å². The highest BCUT2D eigenvalue weighted by Crippen LogP contribution is 2.41. The monoisotopic (exact) mass is 592 g/mol. The average molecular weight is 593 g/mol. The third kappa shape index (κ3) is 11.6. The van der Waals surface area contributed by atoms with Crippen molar-refractivity contribution in [2.75, 3.05) is 27.4 Å². The summed E-state index contributed by atoms with van der Waals surface area (Å²) in [6.45, 7) is 13.2. The van der Waals surface area contributed by atoms with Crippen molar-refractivity contribution in [3.63, 3.8) is 0 Å². The van der Waals surface area contributed by atoms with Gasteiger partial charge in [0.2, 0.25) is 0 Å². The van der Waals surface area contributed by atoms with Crippen molar-refractivity contribution in [1.29, 1.82) is 5.26 Å². The Hall–Kier alpha value is -3.50. The van der Waals surface area contributed by atoms with E-state index < -0.39 is 11.0 Å². The van der Waals surface area contributed by atoms with Crippen LogP contribution >= 0.6 is 0 Å². The standard InChI is InChI=1S/C36H52N2O5/c1-34(2,3)26-36(6,35(4,5)38)33(39)43-20-14-12-10-9-11-13-19-42-30-17-15-27(16-18-30)21-29(25-37)28-22-31(40-7)24-32(23-28)41-8/h15-18,21-24H,9-14,19-20,26,38H2,1-8H3. The summed E-state index contributed by atoms with van der Waals surface area (Å²) < 4.78 is 22.3. The summed E-state index contributed by atoms with van der Waals surface area (Å²) >= 11 is 0. The number of nitrogens with zero attached hydrogens (tertiary/aromatic N) is 1. The van der Waals surface area contributed by atoms with Gasteiger partial charge in [-0.3, -0.25) is 4.79 Å². The zero-order valence-corrected chi connectivity index (χ0v) is 27.5. The molecule has 2 aromatic rings. The van der Waals surface area contributed by atoms with Gasteiger partial charge in [0, 0.05) is 11.6 Å². The van der Waals surface area contributed by atoms with Crippen molar-refractivity contribution >= 4 is 17.6 Å². The first-order chi connectivity index (χ1) is 20.2. The minimum Gasteiger partial charge on any atom is -0.497 e. The van der Waals surface area contributed by atoms with Crippen LogP contribution in [0.1, 0.15) is 97.6 Å². The minimum absolute atomic E-state index is 0.0233. The molecule has 2 aromatic carbocycles. The van der Waals surface area contributed by atoms with Crippen LogP contribution in [0.4, 0.5) is 0 Å². The van der Waals surface area contributed by atoms with Crippen molar-refractivity contribution in [3.05, 3.63) is 53.6 Å². The highest BCUT2D eigenvalue weighted by molar-refractivity contribution is 5.90. The largest absolute Gasteiger partial charge is 0.497 e. The number of nitriles is 1. The van der Waals surface area contributed by atoms with E-state index in [1.165, 1.54) is 0 Å². The number of carbonyl (C=O) groups is 1. The fourth-order valence-electron chi connectivity index (χ4n) is 5.02. The van der Waals surface area contributed by atoms with Crippen LogP contribution in [-0.2, 0) is 9.53 Å². The number of unbranched alkanes of at least 4 members (excludes halogenated alkanes) is 5. The van der Waals surface area contributed by atoms with Gasteiger partial charge >= 0.3 is 5.97 Å². The van der Waals surface area contributed by atoms with Crippen molar-refractivity contribution in [1.82, 2.24) is 0 Å². The maximum atomic E-state index is 13.0. The summed E-state index contributed by atoms with van der Waals surface area (Å²) in [5, 5.41) is 9.73. The second-order valence-corrected chi connectivity index (χ2v) is 13.2.